The Labute approximate surface area is 303 Å². The lowest BCUT2D eigenvalue weighted by molar-refractivity contribution is 0.404. The van der Waals surface area contributed by atoms with Gasteiger partial charge in [-0.25, -0.2) is 0 Å². The quantitative estimate of drug-likeness (QED) is 0.101. The highest BCUT2D eigenvalue weighted by Gasteiger charge is 2.44. The highest BCUT2D eigenvalue weighted by atomic mass is 16.5. The van der Waals surface area contributed by atoms with Crippen molar-refractivity contribution in [1.29, 1.82) is 0 Å². The molecule has 8 heteroatoms. The lowest BCUT2D eigenvalue weighted by Crippen LogP contribution is -2.21. The predicted octanol–water partition coefficient (Wildman–Crippen LogP) is 9.56. The molecule has 0 saturated carbocycles. The Hall–Kier alpha value is -7.06. The summed E-state index contributed by atoms with van der Waals surface area (Å²) in [7, 11) is 3.28. The van der Waals surface area contributed by atoms with Crippen LogP contribution < -0.4 is 9.47 Å². The highest BCUT2D eigenvalue weighted by Crippen LogP contribution is 2.56. The molecule has 0 radical (unpaired) electrons. The van der Waals surface area contributed by atoms with Crippen LogP contribution in [-0.4, -0.2) is 47.1 Å². The maximum atomic E-state index is 11.3. The van der Waals surface area contributed by atoms with E-state index in [0.29, 0.717) is 21.9 Å². The Bertz CT molecular complexity index is 2680. The van der Waals surface area contributed by atoms with Crippen LogP contribution in [0.1, 0.15) is 22.3 Å². The summed E-state index contributed by atoms with van der Waals surface area (Å²) in [6, 6.07) is 37.9. The number of hydrogen-bond donors (Lipinski definition) is 4. The Morgan fingerprint density at radius 3 is 1.32 bits per heavy atom. The van der Waals surface area contributed by atoms with E-state index in [0.717, 1.165) is 66.1 Å². The van der Waals surface area contributed by atoms with Gasteiger partial charge in [0, 0.05) is 34.7 Å². The van der Waals surface area contributed by atoms with Crippen LogP contribution in [0.4, 0.5) is 0 Å². The van der Waals surface area contributed by atoms with Crippen molar-refractivity contribution in [3.05, 3.63) is 144 Å². The molecular weight excluding hydrogens is 665 g/mol. The number of methoxy groups -OCH3 is 2. The van der Waals surface area contributed by atoms with Crippen LogP contribution in [0.25, 0.3) is 54.2 Å². The minimum atomic E-state index is -1.47. The van der Waals surface area contributed by atoms with E-state index < -0.39 is 5.66 Å². The number of phenolic OH excluding ortho intramolecular Hbond substituents is 4. The number of aliphatic imine (C=N–C) groups is 2. The molecule has 4 N–H and O–H groups in total. The molecule has 0 heterocycles. The SMILES string of the molecule is COc1ccc2c3c(ccc2c1)C(N=Cc1c(O)c(O)cc2ccccc12)(N=Cc1c(O)c(O)cc2ccccc12)c1ccc2cc(OC)ccc2c1-3. The van der Waals surface area contributed by atoms with Gasteiger partial charge in [0.25, 0.3) is 0 Å². The molecule has 0 amide bonds. The second-order valence-electron chi connectivity index (χ2n) is 13.1. The van der Waals surface area contributed by atoms with Crippen LogP contribution in [-0.2, 0) is 5.66 Å². The van der Waals surface area contributed by atoms with Gasteiger partial charge in [-0.05, 0) is 90.6 Å². The van der Waals surface area contributed by atoms with Gasteiger partial charge in [0.1, 0.15) is 11.5 Å². The molecule has 0 spiro atoms. The molecule has 0 aromatic heterocycles. The fourth-order valence-electron chi connectivity index (χ4n) is 7.72. The maximum absolute atomic E-state index is 11.3. The van der Waals surface area contributed by atoms with Crippen molar-refractivity contribution in [3.8, 4) is 45.6 Å². The molecule has 1 aliphatic carbocycles. The third-order valence-electron chi connectivity index (χ3n) is 10.3. The largest absolute Gasteiger partial charge is 0.504 e. The van der Waals surface area contributed by atoms with Gasteiger partial charge in [-0.2, -0.15) is 0 Å². The molecule has 0 atom stereocenters. The van der Waals surface area contributed by atoms with Crippen molar-refractivity contribution in [2.45, 2.75) is 5.66 Å². The molecule has 0 unspecified atom stereocenters. The van der Waals surface area contributed by atoms with Gasteiger partial charge in [0.15, 0.2) is 23.0 Å². The van der Waals surface area contributed by atoms with E-state index in [1.165, 1.54) is 12.1 Å². The van der Waals surface area contributed by atoms with Crippen molar-refractivity contribution >= 4 is 55.5 Å². The van der Waals surface area contributed by atoms with Crippen LogP contribution in [0, 0.1) is 0 Å². The molecule has 258 valence electrons. The van der Waals surface area contributed by atoms with Gasteiger partial charge in [-0.15, -0.1) is 0 Å². The number of rotatable bonds is 6. The number of phenols is 4. The fourth-order valence-corrected chi connectivity index (χ4v) is 7.72. The van der Waals surface area contributed by atoms with Gasteiger partial charge >= 0.3 is 0 Å². The molecule has 0 bridgehead atoms. The van der Waals surface area contributed by atoms with E-state index in [1.54, 1.807) is 26.6 Å². The Kier molecular flexibility index (Phi) is 7.24. The van der Waals surface area contributed by atoms with Crippen LogP contribution in [0.3, 0.4) is 0 Å². The number of fused-ring (bicyclic) bond motifs is 9. The first-order valence-corrected chi connectivity index (χ1v) is 17.0. The molecule has 8 aromatic carbocycles. The second-order valence-corrected chi connectivity index (χ2v) is 13.1. The van der Waals surface area contributed by atoms with Crippen LogP contribution in [0.5, 0.6) is 34.5 Å². The molecule has 0 saturated heterocycles. The van der Waals surface area contributed by atoms with Crippen LogP contribution in [0.2, 0.25) is 0 Å². The lowest BCUT2D eigenvalue weighted by atomic mass is 9.94. The van der Waals surface area contributed by atoms with Crippen LogP contribution in [0.15, 0.2) is 131 Å². The second kappa shape index (κ2) is 12.0. The standard InChI is InChI=1S/C45H32N2O6/c1-52-29-13-15-33-27(19-29)11-17-37-41(33)42-34-16-14-30(53-2)20-28(34)12-18-38(42)45(37,46-23-35-31-9-5-3-7-25(31)21-39(48)43(35)50)47-24-36-32-10-6-4-8-26(32)22-40(49)44(36)51/h3-24,48-51H,1-2H3. The first-order chi connectivity index (χ1) is 25.8. The molecule has 53 heavy (non-hydrogen) atoms. The Balaban J connectivity index is 1.41. The number of ether oxygens (including phenoxy) is 2. The van der Waals surface area contributed by atoms with Gasteiger partial charge in [-0.1, -0.05) is 84.9 Å². The number of nitrogens with zero attached hydrogens (tertiary/aromatic N) is 2. The fraction of sp³-hybridized carbons (Fsp3) is 0.0667. The van der Waals surface area contributed by atoms with Crippen molar-refractivity contribution in [2.24, 2.45) is 9.98 Å². The molecule has 9 rings (SSSR count). The van der Waals surface area contributed by atoms with Gasteiger partial charge in [0.05, 0.1) is 14.2 Å². The normalized spacial score (nSPS) is 13.4. The van der Waals surface area contributed by atoms with E-state index in [2.05, 4.69) is 0 Å². The zero-order chi connectivity index (χ0) is 36.4. The first-order valence-electron chi connectivity index (χ1n) is 17.0. The molecule has 8 nitrogen and oxygen atoms in total. The first kappa shape index (κ1) is 31.9. The van der Waals surface area contributed by atoms with E-state index in [9.17, 15) is 20.4 Å². The lowest BCUT2D eigenvalue weighted by Gasteiger charge is -2.24. The minimum Gasteiger partial charge on any atom is -0.504 e. The summed E-state index contributed by atoms with van der Waals surface area (Å²) in [6.07, 6.45) is 3.12. The van der Waals surface area contributed by atoms with Crippen molar-refractivity contribution in [1.82, 2.24) is 0 Å². The third-order valence-corrected chi connectivity index (χ3v) is 10.3. The summed E-state index contributed by atoms with van der Waals surface area (Å²) in [6.45, 7) is 0. The highest BCUT2D eigenvalue weighted by molar-refractivity contribution is 6.13. The van der Waals surface area contributed by atoms with E-state index in [-0.39, 0.29) is 23.0 Å². The molecular formula is C45H32N2O6. The van der Waals surface area contributed by atoms with Gasteiger partial charge < -0.3 is 29.9 Å². The summed E-state index contributed by atoms with van der Waals surface area (Å²) in [5.41, 5.74) is 2.53. The monoisotopic (exact) mass is 696 g/mol. The van der Waals surface area contributed by atoms with E-state index >= 15 is 0 Å². The molecule has 0 aliphatic heterocycles. The van der Waals surface area contributed by atoms with Crippen molar-refractivity contribution in [2.75, 3.05) is 14.2 Å². The topological polar surface area (TPSA) is 124 Å². The number of hydrogen-bond acceptors (Lipinski definition) is 8. The average molecular weight is 697 g/mol. The van der Waals surface area contributed by atoms with Gasteiger partial charge in [-0.3, -0.25) is 9.98 Å². The van der Waals surface area contributed by atoms with Crippen molar-refractivity contribution in [3.63, 3.8) is 0 Å². The molecule has 0 fully saturated rings. The molecule has 1 aliphatic rings. The summed E-state index contributed by atoms with van der Waals surface area (Å²) >= 11 is 0. The third kappa shape index (κ3) is 4.83. The number of benzene rings is 8. The zero-order valence-corrected chi connectivity index (χ0v) is 28.7. The Morgan fingerprint density at radius 2 is 0.887 bits per heavy atom. The summed E-state index contributed by atoms with van der Waals surface area (Å²) in [5, 5.41) is 50.7. The maximum Gasteiger partial charge on any atom is 0.202 e. The van der Waals surface area contributed by atoms with Crippen molar-refractivity contribution < 1.29 is 29.9 Å². The Morgan fingerprint density at radius 1 is 0.472 bits per heavy atom. The van der Waals surface area contributed by atoms with Gasteiger partial charge in [0.2, 0.25) is 5.66 Å². The summed E-state index contributed by atoms with van der Waals surface area (Å²) in [5.74, 6) is 0.281. The zero-order valence-electron chi connectivity index (χ0n) is 28.7. The van der Waals surface area contributed by atoms with E-state index in [4.69, 9.17) is 19.5 Å². The van der Waals surface area contributed by atoms with Crippen LogP contribution >= 0.6 is 0 Å². The molecule has 8 aromatic rings. The summed E-state index contributed by atoms with van der Waals surface area (Å²) in [4.78, 5) is 10.6. The smallest absolute Gasteiger partial charge is 0.202 e. The minimum absolute atomic E-state index is 0.272. The average Bonchev–Trinajstić information content (AvgIpc) is 3.47. The summed E-state index contributed by atoms with van der Waals surface area (Å²) < 4.78 is 11.2. The van der Waals surface area contributed by atoms with E-state index in [1.807, 2.05) is 109 Å². The number of aromatic hydroxyl groups is 4. The predicted molar refractivity (Wildman–Crippen MR) is 211 cm³/mol.